The topological polar surface area (TPSA) is 108 Å². The number of likely N-dealkylation sites (tertiary alicyclic amines) is 1. The number of alkyl halides is 3. The number of aryl methyl sites for hydroxylation is 1. The van der Waals surface area contributed by atoms with Crippen LogP contribution in [0.15, 0.2) is 24.4 Å². The number of likely N-dealkylation sites (N-methyl/N-ethyl adjacent to an activating group) is 1. The molecular weight excluding hydrogens is 561 g/mol. The Kier molecular flexibility index (Phi) is 9.15. The van der Waals surface area contributed by atoms with Gasteiger partial charge in [0.15, 0.2) is 0 Å². The van der Waals surface area contributed by atoms with Gasteiger partial charge in [-0.1, -0.05) is 12.8 Å². The zero-order valence-corrected chi connectivity index (χ0v) is 25.0. The molecule has 2 heterocycles. The van der Waals surface area contributed by atoms with Gasteiger partial charge in [0.2, 0.25) is 11.9 Å². The lowest BCUT2D eigenvalue weighted by molar-refractivity contribution is -0.138. The van der Waals surface area contributed by atoms with Crippen molar-refractivity contribution in [2.24, 2.45) is 11.3 Å². The molecule has 3 aliphatic rings. The van der Waals surface area contributed by atoms with E-state index in [4.69, 9.17) is 4.74 Å². The number of methoxy groups -OCH3 is 1. The lowest BCUT2D eigenvalue weighted by atomic mass is 9.79. The van der Waals surface area contributed by atoms with Crippen molar-refractivity contribution in [3.8, 4) is 5.75 Å². The molecule has 2 saturated carbocycles. The van der Waals surface area contributed by atoms with Gasteiger partial charge in [0.1, 0.15) is 5.75 Å². The third kappa shape index (κ3) is 7.22. The third-order valence-electron chi connectivity index (χ3n) is 9.31. The first-order valence-corrected chi connectivity index (χ1v) is 15.1. The fraction of sp³-hybridized carbons (Fsp3) is 0.613. The van der Waals surface area contributed by atoms with Crippen LogP contribution in [0.25, 0.3) is 0 Å². The summed E-state index contributed by atoms with van der Waals surface area (Å²) in [6.07, 6.45) is 3.79. The van der Waals surface area contributed by atoms with Crippen LogP contribution in [0.4, 0.5) is 24.8 Å². The second kappa shape index (κ2) is 12.7. The average Bonchev–Trinajstić information content (AvgIpc) is 3.65. The summed E-state index contributed by atoms with van der Waals surface area (Å²) in [7, 11) is 3.49. The fourth-order valence-corrected chi connectivity index (χ4v) is 7.07. The Morgan fingerprint density at radius 3 is 2.70 bits per heavy atom. The zero-order chi connectivity index (χ0) is 30.8. The van der Waals surface area contributed by atoms with E-state index in [1.54, 1.807) is 18.2 Å². The smallest absolute Gasteiger partial charge is 0.419 e. The van der Waals surface area contributed by atoms with Crippen LogP contribution in [0.1, 0.15) is 79.9 Å². The number of nitrogens with zero attached hydrogens (tertiary/aromatic N) is 3. The molecule has 5 rings (SSSR count). The van der Waals surface area contributed by atoms with Crippen LogP contribution in [0.5, 0.6) is 5.75 Å². The molecule has 9 nitrogen and oxygen atoms in total. The molecule has 1 unspecified atom stereocenters. The van der Waals surface area contributed by atoms with Crippen molar-refractivity contribution in [3.05, 3.63) is 41.2 Å². The maximum atomic E-state index is 13.9. The van der Waals surface area contributed by atoms with Crippen LogP contribution >= 0.6 is 0 Å². The Labute approximate surface area is 250 Å². The molecule has 0 bridgehead atoms. The highest BCUT2D eigenvalue weighted by atomic mass is 19.4. The minimum absolute atomic E-state index is 0.0167. The van der Waals surface area contributed by atoms with Crippen molar-refractivity contribution in [2.75, 3.05) is 32.6 Å². The van der Waals surface area contributed by atoms with Crippen LogP contribution in [0, 0.1) is 11.3 Å². The number of hydrogen-bond donors (Lipinski definition) is 3. The van der Waals surface area contributed by atoms with E-state index < -0.39 is 11.7 Å². The van der Waals surface area contributed by atoms with E-state index in [9.17, 15) is 22.8 Å². The van der Waals surface area contributed by atoms with E-state index in [0.717, 1.165) is 64.2 Å². The number of rotatable bonds is 9. The number of aromatic nitrogens is 2. The molecular formula is C31H41F3N6O3. The summed E-state index contributed by atoms with van der Waals surface area (Å²) >= 11 is 0. The first kappa shape index (κ1) is 31.0. The van der Waals surface area contributed by atoms with Gasteiger partial charge < -0.3 is 25.6 Å². The lowest BCUT2D eigenvalue weighted by Gasteiger charge is -2.33. The van der Waals surface area contributed by atoms with Gasteiger partial charge in [0.05, 0.1) is 24.1 Å². The van der Waals surface area contributed by atoms with Crippen molar-refractivity contribution in [1.82, 2.24) is 25.5 Å². The molecule has 2 amide bonds. The van der Waals surface area contributed by atoms with Gasteiger partial charge >= 0.3 is 6.18 Å². The van der Waals surface area contributed by atoms with E-state index in [2.05, 4.69) is 30.8 Å². The quantitative estimate of drug-likeness (QED) is 0.367. The van der Waals surface area contributed by atoms with Crippen molar-refractivity contribution >= 4 is 23.5 Å². The SMILES string of the molecule is COc1cc(C(=O)NC2CCCN(C)C2)ccc1Nc1ncc(C(F)(F)F)c(CC[C@@H]2C[C@@]23CCCC[C@H]3NC(C)=O)n1. The molecule has 1 spiro atoms. The molecule has 1 aromatic carbocycles. The maximum Gasteiger partial charge on any atom is 0.419 e. The second-order valence-corrected chi connectivity index (χ2v) is 12.3. The summed E-state index contributed by atoms with van der Waals surface area (Å²) in [5.41, 5.74) is -0.0782. The van der Waals surface area contributed by atoms with Crippen LogP contribution in [-0.4, -0.2) is 66.0 Å². The van der Waals surface area contributed by atoms with E-state index in [1.165, 1.54) is 14.0 Å². The molecule has 3 fully saturated rings. The van der Waals surface area contributed by atoms with Gasteiger partial charge in [-0.15, -0.1) is 0 Å². The molecule has 2 aromatic rings. The predicted octanol–water partition coefficient (Wildman–Crippen LogP) is 5.09. The Morgan fingerprint density at radius 2 is 1.98 bits per heavy atom. The molecule has 1 saturated heterocycles. The van der Waals surface area contributed by atoms with E-state index in [-0.39, 0.29) is 53.3 Å². The summed E-state index contributed by atoms with van der Waals surface area (Å²) in [6.45, 7) is 3.31. The van der Waals surface area contributed by atoms with Crippen LogP contribution in [-0.2, 0) is 17.4 Å². The van der Waals surface area contributed by atoms with Gasteiger partial charge in [0.25, 0.3) is 5.91 Å². The fourth-order valence-electron chi connectivity index (χ4n) is 7.07. The summed E-state index contributed by atoms with van der Waals surface area (Å²) < 4.78 is 47.3. The van der Waals surface area contributed by atoms with E-state index in [0.29, 0.717) is 23.4 Å². The first-order valence-electron chi connectivity index (χ1n) is 15.1. The van der Waals surface area contributed by atoms with E-state index in [1.807, 2.05) is 7.05 Å². The molecule has 43 heavy (non-hydrogen) atoms. The summed E-state index contributed by atoms with van der Waals surface area (Å²) in [6, 6.07) is 5.02. The third-order valence-corrected chi connectivity index (χ3v) is 9.31. The minimum atomic E-state index is -4.58. The molecule has 234 valence electrons. The maximum absolute atomic E-state index is 13.9. The van der Waals surface area contributed by atoms with Gasteiger partial charge in [-0.25, -0.2) is 9.97 Å². The van der Waals surface area contributed by atoms with Gasteiger partial charge in [-0.3, -0.25) is 9.59 Å². The number of hydrogen-bond acceptors (Lipinski definition) is 7. The molecule has 2 aliphatic carbocycles. The van der Waals surface area contributed by atoms with Crippen molar-refractivity contribution in [3.63, 3.8) is 0 Å². The number of halogens is 3. The highest BCUT2D eigenvalue weighted by molar-refractivity contribution is 5.95. The number of ether oxygens (including phenoxy) is 1. The average molecular weight is 603 g/mol. The predicted molar refractivity (Wildman–Crippen MR) is 156 cm³/mol. The van der Waals surface area contributed by atoms with Crippen LogP contribution < -0.4 is 20.7 Å². The van der Waals surface area contributed by atoms with Crippen molar-refractivity contribution < 1.29 is 27.5 Å². The molecule has 12 heteroatoms. The summed E-state index contributed by atoms with van der Waals surface area (Å²) in [5.74, 6) is 0.325. The highest BCUT2D eigenvalue weighted by Crippen LogP contribution is 2.63. The summed E-state index contributed by atoms with van der Waals surface area (Å²) in [4.78, 5) is 35.1. The Balaban J connectivity index is 1.29. The number of anilines is 2. The largest absolute Gasteiger partial charge is 0.495 e. The molecule has 1 aromatic heterocycles. The first-order chi connectivity index (χ1) is 20.5. The number of piperidine rings is 1. The second-order valence-electron chi connectivity index (χ2n) is 12.3. The van der Waals surface area contributed by atoms with Crippen LogP contribution in [0.3, 0.4) is 0 Å². The zero-order valence-electron chi connectivity index (χ0n) is 25.0. The van der Waals surface area contributed by atoms with Crippen molar-refractivity contribution in [1.29, 1.82) is 0 Å². The lowest BCUT2D eigenvalue weighted by Crippen LogP contribution is -2.46. The van der Waals surface area contributed by atoms with Gasteiger partial charge in [-0.2, -0.15) is 13.2 Å². The minimum Gasteiger partial charge on any atom is -0.495 e. The Hall–Kier alpha value is -3.41. The number of amides is 2. The summed E-state index contributed by atoms with van der Waals surface area (Å²) in [5, 5.41) is 9.14. The number of benzene rings is 1. The van der Waals surface area contributed by atoms with Gasteiger partial charge in [0, 0.05) is 37.3 Å². The Morgan fingerprint density at radius 1 is 1.16 bits per heavy atom. The standard InChI is InChI=1S/C31H41F3N6O3/c1-19(41)36-27-8-4-5-13-30(27)16-21(30)10-12-24-23(31(32,33)34)17-35-29(38-24)39-25-11-9-20(15-26(25)43-3)28(42)37-22-7-6-14-40(2)18-22/h9,11,15,17,21-22,27H,4-8,10,12-14,16,18H2,1-3H3,(H,36,41)(H,37,42)(H,35,38,39)/t21-,22?,27-,30+/m1/s1. The molecule has 3 N–H and O–H groups in total. The molecule has 1 aliphatic heterocycles. The number of nitrogens with one attached hydrogen (secondary N) is 3. The number of carbonyl (C=O) groups is 2. The number of carbonyl (C=O) groups excluding carboxylic acids is 2. The van der Waals surface area contributed by atoms with Crippen LogP contribution in [0.2, 0.25) is 0 Å². The molecule has 0 radical (unpaired) electrons. The normalized spacial score (nSPS) is 25.7. The van der Waals surface area contributed by atoms with Gasteiger partial charge in [-0.05, 0) is 88.1 Å². The van der Waals surface area contributed by atoms with Crippen molar-refractivity contribution in [2.45, 2.75) is 83.0 Å². The highest BCUT2D eigenvalue weighted by Gasteiger charge is 2.58. The molecule has 4 atom stereocenters. The Bertz CT molecular complexity index is 1340. The van der Waals surface area contributed by atoms with E-state index >= 15 is 0 Å². The monoisotopic (exact) mass is 602 g/mol.